The van der Waals surface area contributed by atoms with Crippen molar-refractivity contribution in [2.24, 2.45) is 0 Å². The van der Waals surface area contributed by atoms with Crippen LogP contribution in [-0.2, 0) is 0 Å². The fraction of sp³-hybridized carbons (Fsp3) is 0.263. The Morgan fingerprint density at radius 2 is 1.56 bits per heavy atom. The van der Waals surface area contributed by atoms with Crippen molar-refractivity contribution in [2.45, 2.75) is 26.9 Å². The van der Waals surface area contributed by atoms with Gasteiger partial charge in [-0.15, -0.1) is 0 Å². The molecule has 0 bridgehead atoms. The van der Waals surface area contributed by atoms with Crippen LogP contribution in [0.15, 0.2) is 42.5 Å². The molecule has 132 valence electrons. The molecule has 0 spiro atoms. The number of ether oxygens (including phenoxy) is 2. The van der Waals surface area contributed by atoms with Gasteiger partial charge in [0.2, 0.25) is 0 Å². The summed E-state index contributed by atoms with van der Waals surface area (Å²) >= 11 is 0. The van der Waals surface area contributed by atoms with Gasteiger partial charge in [0, 0.05) is 11.1 Å². The fourth-order valence-corrected chi connectivity index (χ4v) is 2.20. The van der Waals surface area contributed by atoms with E-state index < -0.39 is 5.91 Å². The molecule has 0 aliphatic rings. The van der Waals surface area contributed by atoms with E-state index in [0.717, 1.165) is 5.56 Å². The predicted molar refractivity (Wildman–Crippen MR) is 94.9 cm³/mol. The minimum Gasteiger partial charge on any atom is -0.493 e. The summed E-state index contributed by atoms with van der Waals surface area (Å²) in [5.74, 6) is 0.170. The number of carbonyl (C=O) groups excluding carboxylic acids is 2. The van der Waals surface area contributed by atoms with Crippen LogP contribution in [0, 0.1) is 6.92 Å². The first kappa shape index (κ1) is 18.3. The Bertz CT molecular complexity index is 772. The molecule has 0 unspecified atom stereocenters. The molecule has 0 heterocycles. The molecular weight excluding hydrogens is 320 g/mol. The van der Waals surface area contributed by atoms with Gasteiger partial charge in [-0.1, -0.05) is 17.7 Å². The molecule has 0 saturated carbocycles. The molecule has 2 amide bonds. The van der Waals surface area contributed by atoms with Gasteiger partial charge in [-0.3, -0.25) is 20.4 Å². The van der Waals surface area contributed by atoms with Gasteiger partial charge in [-0.05, 0) is 51.1 Å². The molecule has 0 radical (unpaired) electrons. The van der Waals surface area contributed by atoms with Gasteiger partial charge in [0.05, 0.1) is 13.2 Å². The predicted octanol–water partition coefficient (Wildman–Crippen LogP) is 2.87. The summed E-state index contributed by atoms with van der Waals surface area (Å²) in [7, 11) is 1.50. The summed E-state index contributed by atoms with van der Waals surface area (Å²) in [6.45, 7) is 5.70. The number of methoxy groups -OCH3 is 1. The number of rotatable bonds is 5. The number of carbonyl (C=O) groups is 2. The highest BCUT2D eigenvalue weighted by Crippen LogP contribution is 2.28. The smallest absolute Gasteiger partial charge is 0.269 e. The van der Waals surface area contributed by atoms with Gasteiger partial charge in [-0.25, -0.2) is 0 Å². The zero-order chi connectivity index (χ0) is 18.4. The highest BCUT2D eigenvalue weighted by Gasteiger charge is 2.13. The Morgan fingerprint density at radius 1 is 0.920 bits per heavy atom. The van der Waals surface area contributed by atoms with Crippen molar-refractivity contribution in [2.75, 3.05) is 7.11 Å². The lowest BCUT2D eigenvalue weighted by Crippen LogP contribution is -2.41. The average Bonchev–Trinajstić information content (AvgIpc) is 2.59. The molecule has 2 rings (SSSR count). The zero-order valence-electron chi connectivity index (χ0n) is 14.8. The van der Waals surface area contributed by atoms with E-state index in [9.17, 15) is 9.59 Å². The Labute approximate surface area is 147 Å². The van der Waals surface area contributed by atoms with Crippen molar-refractivity contribution in [3.05, 3.63) is 59.2 Å². The van der Waals surface area contributed by atoms with E-state index in [1.165, 1.54) is 7.11 Å². The normalized spacial score (nSPS) is 10.3. The van der Waals surface area contributed by atoms with Crippen LogP contribution in [0.4, 0.5) is 0 Å². The molecular formula is C19H22N2O4. The molecule has 2 aromatic carbocycles. The van der Waals surface area contributed by atoms with Gasteiger partial charge < -0.3 is 9.47 Å². The van der Waals surface area contributed by atoms with Crippen molar-refractivity contribution >= 4 is 11.8 Å². The van der Waals surface area contributed by atoms with Crippen molar-refractivity contribution in [3.8, 4) is 11.5 Å². The molecule has 6 nitrogen and oxygen atoms in total. The third kappa shape index (κ3) is 4.97. The number of hydrazine groups is 1. The second-order valence-electron chi connectivity index (χ2n) is 5.81. The van der Waals surface area contributed by atoms with Crippen LogP contribution in [0.2, 0.25) is 0 Å². The summed E-state index contributed by atoms with van der Waals surface area (Å²) < 4.78 is 10.9. The van der Waals surface area contributed by atoms with Gasteiger partial charge in [-0.2, -0.15) is 0 Å². The lowest BCUT2D eigenvalue weighted by Gasteiger charge is -2.14. The molecule has 0 fully saturated rings. The number of hydrogen-bond donors (Lipinski definition) is 2. The minimum absolute atomic E-state index is 0.0119. The maximum Gasteiger partial charge on any atom is 0.269 e. The van der Waals surface area contributed by atoms with Gasteiger partial charge in [0.25, 0.3) is 11.8 Å². The van der Waals surface area contributed by atoms with E-state index in [2.05, 4.69) is 10.9 Å². The second-order valence-corrected chi connectivity index (χ2v) is 5.81. The maximum atomic E-state index is 12.2. The van der Waals surface area contributed by atoms with E-state index >= 15 is 0 Å². The SMILES string of the molecule is COc1cc(C(=O)NNC(=O)c2cccc(C)c2)ccc1OC(C)C. The third-order valence-electron chi connectivity index (χ3n) is 3.36. The molecule has 0 atom stereocenters. The van der Waals surface area contributed by atoms with E-state index in [0.29, 0.717) is 22.6 Å². The first-order chi connectivity index (χ1) is 11.9. The van der Waals surface area contributed by atoms with Crippen LogP contribution < -0.4 is 20.3 Å². The highest BCUT2D eigenvalue weighted by atomic mass is 16.5. The summed E-state index contributed by atoms with van der Waals surface area (Å²) in [5.41, 5.74) is 6.57. The molecule has 6 heteroatoms. The largest absolute Gasteiger partial charge is 0.493 e. The molecule has 0 aliphatic heterocycles. The van der Waals surface area contributed by atoms with Crippen LogP contribution in [0.5, 0.6) is 11.5 Å². The van der Waals surface area contributed by atoms with Gasteiger partial charge in [0.15, 0.2) is 11.5 Å². The van der Waals surface area contributed by atoms with E-state index in [-0.39, 0.29) is 12.0 Å². The first-order valence-corrected chi connectivity index (χ1v) is 7.92. The number of amides is 2. The molecule has 0 saturated heterocycles. The van der Waals surface area contributed by atoms with Crippen LogP contribution in [0.3, 0.4) is 0 Å². The average molecular weight is 342 g/mol. The summed E-state index contributed by atoms with van der Waals surface area (Å²) in [6, 6.07) is 11.9. The molecule has 0 aromatic heterocycles. The molecule has 0 aliphatic carbocycles. The van der Waals surface area contributed by atoms with Crippen molar-refractivity contribution in [1.82, 2.24) is 10.9 Å². The van der Waals surface area contributed by atoms with Crippen molar-refractivity contribution in [3.63, 3.8) is 0 Å². The van der Waals surface area contributed by atoms with Crippen LogP contribution in [-0.4, -0.2) is 25.0 Å². The van der Waals surface area contributed by atoms with Crippen LogP contribution >= 0.6 is 0 Å². The Kier molecular flexibility index (Phi) is 6.00. The van der Waals surface area contributed by atoms with Gasteiger partial charge >= 0.3 is 0 Å². The Morgan fingerprint density at radius 3 is 2.12 bits per heavy atom. The maximum absolute atomic E-state index is 12.2. The quantitative estimate of drug-likeness (QED) is 0.819. The second kappa shape index (κ2) is 8.19. The van der Waals surface area contributed by atoms with Crippen LogP contribution in [0.25, 0.3) is 0 Å². The minimum atomic E-state index is -0.449. The molecule has 2 N–H and O–H groups in total. The van der Waals surface area contributed by atoms with Gasteiger partial charge in [0.1, 0.15) is 0 Å². The Hall–Kier alpha value is -3.02. The first-order valence-electron chi connectivity index (χ1n) is 7.92. The number of nitrogens with one attached hydrogen (secondary N) is 2. The zero-order valence-corrected chi connectivity index (χ0v) is 14.8. The number of aryl methyl sites for hydroxylation is 1. The van der Waals surface area contributed by atoms with E-state index in [1.54, 1.807) is 36.4 Å². The standard InChI is InChI=1S/C19H22N2O4/c1-12(2)25-16-9-8-15(11-17(16)24-4)19(23)21-20-18(22)14-7-5-6-13(3)10-14/h5-12H,1-4H3,(H,20,22)(H,21,23). The monoisotopic (exact) mass is 342 g/mol. The summed E-state index contributed by atoms with van der Waals surface area (Å²) in [5, 5.41) is 0. The van der Waals surface area contributed by atoms with Crippen LogP contribution in [0.1, 0.15) is 40.1 Å². The van der Waals surface area contributed by atoms with Crippen molar-refractivity contribution < 1.29 is 19.1 Å². The topological polar surface area (TPSA) is 76.7 Å². The molecule has 25 heavy (non-hydrogen) atoms. The molecule has 2 aromatic rings. The number of benzene rings is 2. The van der Waals surface area contributed by atoms with E-state index in [1.807, 2.05) is 26.8 Å². The lowest BCUT2D eigenvalue weighted by molar-refractivity contribution is 0.0846. The van der Waals surface area contributed by atoms with E-state index in [4.69, 9.17) is 9.47 Å². The van der Waals surface area contributed by atoms with Crippen molar-refractivity contribution in [1.29, 1.82) is 0 Å². The Balaban J connectivity index is 2.04. The number of hydrogen-bond acceptors (Lipinski definition) is 4. The third-order valence-corrected chi connectivity index (χ3v) is 3.36. The lowest BCUT2D eigenvalue weighted by atomic mass is 10.1. The fourth-order valence-electron chi connectivity index (χ4n) is 2.20. The highest BCUT2D eigenvalue weighted by molar-refractivity contribution is 5.99. The summed E-state index contributed by atoms with van der Waals surface area (Å²) in [4.78, 5) is 24.3. The summed E-state index contributed by atoms with van der Waals surface area (Å²) in [6.07, 6.45) is -0.0119.